The standard InChI is InChI=1S/C9H8ClFN4/c1-2-15-4-3-12-8(15)7-6(11)5-13-9(10)14-7/h3-5H,2H2,1H3. The van der Waals surface area contributed by atoms with E-state index in [2.05, 4.69) is 15.0 Å². The van der Waals surface area contributed by atoms with Crippen molar-refractivity contribution in [2.75, 3.05) is 0 Å². The van der Waals surface area contributed by atoms with Crippen LogP contribution in [0.2, 0.25) is 5.28 Å². The van der Waals surface area contributed by atoms with Gasteiger partial charge in [0.1, 0.15) is 5.69 Å². The summed E-state index contributed by atoms with van der Waals surface area (Å²) in [5, 5.41) is 0.0112. The Bertz CT molecular complexity index is 483. The smallest absolute Gasteiger partial charge is 0.223 e. The van der Waals surface area contributed by atoms with Gasteiger partial charge in [-0.15, -0.1) is 0 Å². The second-order valence-corrected chi connectivity index (χ2v) is 3.21. The number of rotatable bonds is 2. The summed E-state index contributed by atoms with van der Waals surface area (Å²) in [6, 6.07) is 0. The van der Waals surface area contributed by atoms with Gasteiger partial charge in [0.2, 0.25) is 5.28 Å². The maximum absolute atomic E-state index is 13.4. The van der Waals surface area contributed by atoms with Crippen LogP contribution in [0.1, 0.15) is 6.92 Å². The summed E-state index contributed by atoms with van der Waals surface area (Å²) in [6.45, 7) is 2.63. The van der Waals surface area contributed by atoms with Crippen LogP contribution in [0.25, 0.3) is 11.5 Å². The summed E-state index contributed by atoms with van der Waals surface area (Å²) in [4.78, 5) is 11.4. The summed E-state index contributed by atoms with van der Waals surface area (Å²) in [7, 11) is 0. The molecule has 0 fully saturated rings. The molecule has 4 nitrogen and oxygen atoms in total. The van der Waals surface area contributed by atoms with Gasteiger partial charge in [0.15, 0.2) is 11.6 Å². The summed E-state index contributed by atoms with van der Waals surface area (Å²) in [6.07, 6.45) is 4.39. The van der Waals surface area contributed by atoms with Crippen molar-refractivity contribution >= 4 is 11.6 Å². The number of hydrogen-bond donors (Lipinski definition) is 0. The molecule has 0 bridgehead atoms. The molecule has 2 aromatic heterocycles. The average molecular weight is 227 g/mol. The van der Waals surface area contributed by atoms with Gasteiger partial charge in [0.25, 0.3) is 0 Å². The number of nitrogens with zero attached hydrogens (tertiary/aromatic N) is 4. The molecule has 15 heavy (non-hydrogen) atoms. The Morgan fingerprint density at radius 3 is 3.00 bits per heavy atom. The number of hydrogen-bond acceptors (Lipinski definition) is 3. The highest BCUT2D eigenvalue weighted by atomic mass is 35.5. The molecule has 6 heteroatoms. The normalized spacial score (nSPS) is 10.6. The Balaban J connectivity index is 2.58. The summed E-state index contributed by atoms with van der Waals surface area (Å²) >= 11 is 5.60. The predicted molar refractivity (Wildman–Crippen MR) is 53.9 cm³/mol. The maximum atomic E-state index is 13.4. The summed E-state index contributed by atoms with van der Waals surface area (Å²) in [5.41, 5.74) is 0.127. The highest BCUT2D eigenvalue weighted by molar-refractivity contribution is 6.28. The fourth-order valence-corrected chi connectivity index (χ4v) is 1.42. The molecule has 2 rings (SSSR count). The van der Waals surface area contributed by atoms with Crippen molar-refractivity contribution in [2.45, 2.75) is 13.5 Å². The van der Waals surface area contributed by atoms with Crippen molar-refractivity contribution in [1.82, 2.24) is 19.5 Å². The third-order valence-corrected chi connectivity index (χ3v) is 2.16. The molecule has 0 radical (unpaired) electrons. The van der Waals surface area contributed by atoms with Gasteiger partial charge >= 0.3 is 0 Å². The van der Waals surface area contributed by atoms with Crippen molar-refractivity contribution in [3.05, 3.63) is 29.7 Å². The van der Waals surface area contributed by atoms with Gasteiger partial charge in [0.05, 0.1) is 6.20 Å². The van der Waals surface area contributed by atoms with Crippen molar-refractivity contribution < 1.29 is 4.39 Å². The third kappa shape index (κ3) is 1.83. The number of halogens is 2. The van der Waals surface area contributed by atoms with Gasteiger partial charge in [-0.2, -0.15) is 0 Å². The Kier molecular flexibility index (Phi) is 2.64. The maximum Gasteiger partial charge on any atom is 0.223 e. The van der Waals surface area contributed by atoms with Crippen LogP contribution in [-0.2, 0) is 6.54 Å². The fourth-order valence-electron chi connectivity index (χ4n) is 1.28. The molecule has 0 aliphatic heterocycles. The van der Waals surface area contributed by atoms with Gasteiger partial charge in [0, 0.05) is 18.9 Å². The number of aryl methyl sites for hydroxylation is 1. The van der Waals surface area contributed by atoms with Crippen molar-refractivity contribution in [1.29, 1.82) is 0 Å². The van der Waals surface area contributed by atoms with E-state index in [0.717, 1.165) is 6.20 Å². The molecule has 2 heterocycles. The Hall–Kier alpha value is -1.49. The first kappa shape index (κ1) is 10.0. The minimum absolute atomic E-state index is 0.0112. The Morgan fingerprint density at radius 2 is 2.27 bits per heavy atom. The van der Waals surface area contributed by atoms with E-state index in [1.54, 1.807) is 17.0 Å². The molecule has 0 aliphatic carbocycles. The highest BCUT2D eigenvalue weighted by Gasteiger charge is 2.13. The SMILES string of the molecule is CCn1ccnc1-c1nc(Cl)ncc1F. The molecule has 0 N–H and O–H groups in total. The number of imidazole rings is 1. The molecular formula is C9H8ClFN4. The van der Waals surface area contributed by atoms with Crippen molar-refractivity contribution in [3.8, 4) is 11.5 Å². The zero-order valence-electron chi connectivity index (χ0n) is 7.98. The van der Waals surface area contributed by atoms with Gasteiger partial charge in [-0.05, 0) is 18.5 Å². The van der Waals surface area contributed by atoms with E-state index < -0.39 is 5.82 Å². The number of aromatic nitrogens is 4. The lowest BCUT2D eigenvalue weighted by molar-refractivity contribution is 0.613. The average Bonchev–Trinajstić information content (AvgIpc) is 2.69. The van der Waals surface area contributed by atoms with Crippen LogP contribution in [0, 0.1) is 5.82 Å². The van der Waals surface area contributed by atoms with E-state index >= 15 is 0 Å². The molecule has 78 valence electrons. The molecule has 2 aromatic rings. The lowest BCUT2D eigenvalue weighted by atomic mass is 10.3. The zero-order valence-corrected chi connectivity index (χ0v) is 8.74. The first-order valence-electron chi connectivity index (χ1n) is 4.42. The molecule has 0 amide bonds. The second-order valence-electron chi connectivity index (χ2n) is 2.87. The fraction of sp³-hybridized carbons (Fsp3) is 0.222. The molecular weight excluding hydrogens is 219 g/mol. The topological polar surface area (TPSA) is 43.6 Å². The van der Waals surface area contributed by atoms with Crippen LogP contribution in [0.4, 0.5) is 4.39 Å². The zero-order chi connectivity index (χ0) is 10.8. The minimum atomic E-state index is -0.527. The van der Waals surface area contributed by atoms with E-state index in [4.69, 9.17) is 11.6 Å². The molecule has 0 unspecified atom stereocenters. The minimum Gasteiger partial charge on any atom is -0.330 e. The molecule has 0 saturated carbocycles. The Labute approximate surface area is 90.8 Å². The second kappa shape index (κ2) is 3.94. The first-order chi connectivity index (χ1) is 7.22. The van der Waals surface area contributed by atoms with E-state index in [-0.39, 0.29) is 11.0 Å². The Morgan fingerprint density at radius 1 is 1.47 bits per heavy atom. The summed E-state index contributed by atoms with van der Waals surface area (Å²) < 4.78 is 15.2. The van der Waals surface area contributed by atoms with Crippen molar-refractivity contribution in [3.63, 3.8) is 0 Å². The van der Waals surface area contributed by atoms with Crippen LogP contribution in [0.15, 0.2) is 18.6 Å². The molecule has 0 saturated heterocycles. The highest BCUT2D eigenvalue weighted by Crippen LogP contribution is 2.19. The van der Waals surface area contributed by atoms with Gasteiger partial charge in [-0.3, -0.25) is 0 Å². The van der Waals surface area contributed by atoms with Crippen LogP contribution in [0.5, 0.6) is 0 Å². The van der Waals surface area contributed by atoms with E-state index in [9.17, 15) is 4.39 Å². The van der Waals surface area contributed by atoms with Gasteiger partial charge in [-0.25, -0.2) is 19.3 Å². The van der Waals surface area contributed by atoms with Crippen molar-refractivity contribution in [2.24, 2.45) is 0 Å². The monoisotopic (exact) mass is 226 g/mol. The van der Waals surface area contributed by atoms with Crippen LogP contribution >= 0.6 is 11.6 Å². The molecule has 0 spiro atoms. The van der Waals surface area contributed by atoms with Gasteiger partial charge < -0.3 is 4.57 Å². The van der Waals surface area contributed by atoms with E-state index in [0.29, 0.717) is 12.4 Å². The third-order valence-electron chi connectivity index (χ3n) is 1.98. The van der Waals surface area contributed by atoms with Crippen LogP contribution in [0.3, 0.4) is 0 Å². The largest absolute Gasteiger partial charge is 0.330 e. The van der Waals surface area contributed by atoms with Crippen LogP contribution < -0.4 is 0 Å². The molecule has 0 aliphatic rings. The first-order valence-corrected chi connectivity index (χ1v) is 4.79. The lowest BCUT2D eigenvalue weighted by Gasteiger charge is -2.04. The van der Waals surface area contributed by atoms with E-state index in [1.807, 2.05) is 6.92 Å². The predicted octanol–water partition coefficient (Wildman–Crippen LogP) is 2.15. The molecule has 0 atom stereocenters. The van der Waals surface area contributed by atoms with Gasteiger partial charge in [-0.1, -0.05) is 0 Å². The summed E-state index contributed by atoms with van der Waals surface area (Å²) in [5.74, 6) is -0.0698. The van der Waals surface area contributed by atoms with Crippen LogP contribution in [-0.4, -0.2) is 19.5 Å². The van der Waals surface area contributed by atoms with E-state index in [1.165, 1.54) is 0 Å². The lowest BCUT2D eigenvalue weighted by Crippen LogP contribution is -2.01. The quantitative estimate of drug-likeness (QED) is 0.737. The molecule has 0 aromatic carbocycles.